The molecule has 0 saturated heterocycles. The molecule has 0 fully saturated rings. The molecule has 0 spiro atoms. The van der Waals surface area contributed by atoms with Gasteiger partial charge in [-0.3, -0.25) is 4.99 Å². The van der Waals surface area contributed by atoms with Gasteiger partial charge in [0.15, 0.2) is 5.96 Å². The summed E-state index contributed by atoms with van der Waals surface area (Å²) in [7, 11) is -2.93. The van der Waals surface area contributed by atoms with Crippen molar-refractivity contribution in [1.29, 1.82) is 0 Å². The number of carbonyl (C=O) groups is 1. The van der Waals surface area contributed by atoms with E-state index in [1.165, 1.54) is 6.26 Å². The predicted octanol–water partition coefficient (Wildman–Crippen LogP) is 0.891. The van der Waals surface area contributed by atoms with E-state index in [1.54, 1.807) is 0 Å². The van der Waals surface area contributed by atoms with Gasteiger partial charge >= 0.3 is 6.09 Å². The lowest BCUT2D eigenvalue weighted by atomic mass is 10.2. The van der Waals surface area contributed by atoms with Crippen molar-refractivity contribution in [2.75, 3.05) is 38.2 Å². The molecule has 0 aliphatic carbocycles. The Morgan fingerprint density at radius 2 is 1.71 bits per heavy atom. The largest absolute Gasteiger partial charge is 0.444 e. The van der Waals surface area contributed by atoms with Crippen molar-refractivity contribution in [1.82, 2.24) is 16.0 Å². The van der Waals surface area contributed by atoms with Crippen molar-refractivity contribution in [3.8, 4) is 0 Å². The average Bonchev–Trinajstić information content (AvgIpc) is 2.39. The van der Waals surface area contributed by atoms with E-state index in [1.807, 2.05) is 27.7 Å². The lowest BCUT2D eigenvalue weighted by Crippen LogP contribution is -2.38. The smallest absolute Gasteiger partial charge is 0.407 e. The van der Waals surface area contributed by atoms with E-state index < -0.39 is 21.5 Å². The van der Waals surface area contributed by atoms with Gasteiger partial charge in [-0.1, -0.05) is 0 Å². The second-order valence-electron chi connectivity index (χ2n) is 6.45. The Hall–Kier alpha value is -1.51. The molecule has 0 aliphatic rings. The zero-order valence-corrected chi connectivity index (χ0v) is 16.3. The average molecular weight is 365 g/mol. The van der Waals surface area contributed by atoms with Crippen LogP contribution in [0, 0.1) is 0 Å². The molecule has 0 rings (SSSR count). The minimum atomic E-state index is -2.93. The van der Waals surface area contributed by atoms with Crippen molar-refractivity contribution >= 4 is 21.9 Å². The highest BCUT2D eigenvalue weighted by atomic mass is 32.2. The summed E-state index contributed by atoms with van der Waals surface area (Å²) in [5, 5.41) is 8.85. The van der Waals surface area contributed by atoms with Crippen LogP contribution in [0.25, 0.3) is 0 Å². The standard InChI is InChI=1S/C15H32N4O4S/c1-6-16-13(18-11-8-12-24(5,21)22)17-9-7-10-19-14(20)23-15(2,3)4/h6-12H2,1-5H3,(H,19,20)(H2,16,17,18). The second kappa shape index (κ2) is 11.1. The van der Waals surface area contributed by atoms with E-state index in [-0.39, 0.29) is 5.75 Å². The van der Waals surface area contributed by atoms with Crippen LogP contribution in [0.5, 0.6) is 0 Å². The molecule has 24 heavy (non-hydrogen) atoms. The van der Waals surface area contributed by atoms with Crippen LogP contribution in [0.2, 0.25) is 0 Å². The highest BCUT2D eigenvalue weighted by Crippen LogP contribution is 2.06. The Balaban J connectivity index is 4.01. The molecule has 0 aromatic carbocycles. The molecular weight excluding hydrogens is 332 g/mol. The lowest BCUT2D eigenvalue weighted by molar-refractivity contribution is 0.0527. The molecule has 0 aromatic heterocycles. The maximum absolute atomic E-state index is 11.5. The first-order valence-electron chi connectivity index (χ1n) is 8.20. The highest BCUT2D eigenvalue weighted by molar-refractivity contribution is 7.90. The Kier molecular flexibility index (Phi) is 10.4. The number of nitrogens with zero attached hydrogens (tertiary/aromatic N) is 1. The first kappa shape index (κ1) is 22.5. The summed E-state index contributed by atoms with van der Waals surface area (Å²) in [5.74, 6) is 0.794. The minimum Gasteiger partial charge on any atom is -0.444 e. The zero-order chi connectivity index (χ0) is 18.6. The summed E-state index contributed by atoms with van der Waals surface area (Å²) in [6.45, 7) is 9.67. The first-order chi connectivity index (χ1) is 11.0. The fourth-order valence-corrected chi connectivity index (χ4v) is 2.33. The van der Waals surface area contributed by atoms with Crippen LogP contribution in [-0.2, 0) is 14.6 Å². The molecular formula is C15H32N4O4S. The van der Waals surface area contributed by atoms with Crippen molar-refractivity contribution < 1.29 is 17.9 Å². The van der Waals surface area contributed by atoms with Gasteiger partial charge in [0.2, 0.25) is 0 Å². The highest BCUT2D eigenvalue weighted by Gasteiger charge is 2.15. The van der Waals surface area contributed by atoms with Gasteiger partial charge in [0.25, 0.3) is 0 Å². The molecule has 0 atom stereocenters. The summed E-state index contributed by atoms with van der Waals surface area (Å²) in [6.07, 6.45) is 2.00. The zero-order valence-electron chi connectivity index (χ0n) is 15.4. The first-order valence-corrected chi connectivity index (χ1v) is 10.3. The molecule has 0 heterocycles. The molecule has 0 unspecified atom stereocenters. The van der Waals surface area contributed by atoms with Crippen LogP contribution in [0.3, 0.4) is 0 Å². The Morgan fingerprint density at radius 3 is 2.25 bits per heavy atom. The summed E-state index contributed by atoms with van der Waals surface area (Å²) in [5.41, 5.74) is -0.504. The number of aliphatic imine (C=N–C) groups is 1. The molecule has 8 nitrogen and oxygen atoms in total. The molecule has 142 valence electrons. The number of rotatable bonds is 9. The van der Waals surface area contributed by atoms with Crippen molar-refractivity contribution in [2.45, 2.75) is 46.1 Å². The summed E-state index contributed by atoms with van der Waals surface area (Å²) in [6, 6.07) is 0. The van der Waals surface area contributed by atoms with Gasteiger partial charge in [-0.25, -0.2) is 13.2 Å². The monoisotopic (exact) mass is 364 g/mol. The fourth-order valence-electron chi connectivity index (χ4n) is 1.66. The molecule has 3 N–H and O–H groups in total. The van der Waals surface area contributed by atoms with E-state index in [4.69, 9.17) is 4.74 Å². The molecule has 0 aliphatic heterocycles. The number of guanidine groups is 1. The topological polar surface area (TPSA) is 109 Å². The van der Waals surface area contributed by atoms with Gasteiger partial charge in [0.1, 0.15) is 15.4 Å². The Morgan fingerprint density at radius 1 is 1.08 bits per heavy atom. The van der Waals surface area contributed by atoms with Crippen LogP contribution in [0.15, 0.2) is 4.99 Å². The fraction of sp³-hybridized carbons (Fsp3) is 0.867. The Labute approximate surface area is 145 Å². The number of nitrogens with one attached hydrogen (secondary N) is 3. The third-order valence-corrected chi connectivity index (χ3v) is 3.63. The van der Waals surface area contributed by atoms with Gasteiger partial charge in [-0.2, -0.15) is 0 Å². The Bertz CT molecular complexity index is 498. The van der Waals surface area contributed by atoms with Gasteiger partial charge < -0.3 is 20.7 Å². The maximum atomic E-state index is 11.5. The lowest BCUT2D eigenvalue weighted by Gasteiger charge is -2.19. The van der Waals surface area contributed by atoms with Crippen molar-refractivity contribution in [3.63, 3.8) is 0 Å². The number of amides is 1. The van der Waals surface area contributed by atoms with E-state index in [0.717, 1.165) is 0 Å². The molecule has 0 aromatic rings. The SMILES string of the molecule is CCNC(=NCCCNC(=O)OC(C)(C)C)NCCCS(C)(=O)=O. The summed E-state index contributed by atoms with van der Waals surface area (Å²) in [4.78, 5) is 15.8. The molecule has 0 radical (unpaired) electrons. The molecule has 9 heteroatoms. The molecule has 0 saturated carbocycles. The van der Waals surface area contributed by atoms with Crippen LogP contribution in [-0.4, -0.2) is 64.3 Å². The van der Waals surface area contributed by atoms with E-state index in [0.29, 0.717) is 45.0 Å². The van der Waals surface area contributed by atoms with Crippen molar-refractivity contribution in [3.05, 3.63) is 0 Å². The summed E-state index contributed by atoms with van der Waals surface area (Å²) < 4.78 is 27.3. The number of hydrogen-bond acceptors (Lipinski definition) is 5. The number of carbonyl (C=O) groups excluding carboxylic acids is 1. The number of sulfone groups is 1. The van der Waals surface area contributed by atoms with E-state index in [9.17, 15) is 13.2 Å². The second-order valence-corrected chi connectivity index (χ2v) is 8.71. The summed E-state index contributed by atoms with van der Waals surface area (Å²) >= 11 is 0. The van der Waals surface area contributed by atoms with Gasteiger partial charge in [-0.15, -0.1) is 0 Å². The van der Waals surface area contributed by atoms with Crippen LogP contribution in [0.4, 0.5) is 4.79 Å². The van der Waals surface area contributed by atoms with Crippen LogP contribution >= 0.6 is 0 Å². The molecule has 0 bridgehead atoms. The third kappa shape index (κ3) is 15.4. The normalized spacial score (nSPS) is 12.6. The van der Waals surface area contributed by atoms with Gasteiger partial charge in [-0.05, 0) is 40.5 Å². The number of alkyl carbamates (subject to hydrolysis) is 1. The van der Waals surface area contributed by atoms with Crippen LogP contribution < -0.4 is 16.0 Å². The van der Waals surface area contributed by atoms with Gasteiger partial charge in [0.05, 0.1) is 5.75 Å². The molecule has 1 amide bonds. The minimum absolute atomic E-state index is 0.152. The van der Waals surface area contributed by atoms with E-state index in [2.05, 4.69) is 20.9 Å². The van der Waals surface area contributed by atoms with E-state index >= 15 is 0 Å². The number of ether oxygens (including phenoxy) is 1. The van der Waals surface area contributed by atoms with Gasteiger partial charge in [0, 0.05) is 32.4 Å². The quantitative estimate of drug-likeness (QED) is 0.318. The maximum Gasteiger partial charge on any atom is 0.407 e. The van der Waals surface area contributed by atoms with Crippen molar-refractivity contribution in [2.24, 2.45) is 4.99 Å². The number of hydrogen-bond donors (Lipinski definition) is 3. The third-order valence-electron chi connectivity index (χ3n) is 2.60. The van der Waals surface area contributed by atoms with Crippen LogP contribution in [0.1, 0.15) is 40.5 Å². The predicted molar refractivity (Wildman–Crippen MR) is 97.2 cm³/mol.